The molecule has 0 unspecified atom stereocenters. The van der Waals surface area contributed by atoms with Crippen LogP contribution in [0.5, 0.6) is 0 Å². The molecule has 3 aliphatic rings. The average Bonchev–Trinajstić information content (AvgIpc) is 2.41. The molecule has 2 saturated carbocycles. The van der Waals surface area contributed by atoms with Crippen molar-refractivity contribution in [3.63, 3.8) is 0 Å². The molecule has 2 heteroatoms. The molecule has 3 rings (SSSR count). The van der Waals surface area contributed by atoms with Crippen molar-refractivity contribution >= 4 is 13.9 Å². The van der Waals surface area contributed by atoms with Crippen molar-refractivity contribution in [3.8, 4) is 0 Å². The lowest BCUT2D eigenvalue weighted by Gasteiger charge is -2.61. The molecule has 0 aromatic carbocycles. The van der Waals surface area contributed by atoms with Crippen molar-refractivity contribution in [2.75, 3.05) is 0 Å². The van der Waals surface area contributed by atoms with E-state index in [0.717, 1.165) is 12.8 Å². The van der Waals surface area contributed by atoms with Crippen LogP contribution in [0.25, 0.3) is 0 Å². The molecule has 0 bridgehead atoms. The van der Waals surface area contributed by atoms with Crippen molar-refractivity contribution in [2.45, 2.75) is 91.4 Å². The van der Waals surface area contributed by atoms with Crippen LogP contribution in [0.3, 0.4) is 0 Å². The number of ketones is 1. The Balaban J connectivity index is 2.04. The molecule has 0 spiro atoms. The number of carbonyl (C=O) groups excluding carboxylic acids is 1. The van der Waals surface area contributed by atoms with Gasteiger partial charge < -0.3 is 0 Å². The van der Waals surface area contributed by atoms with Gasteiger partial charge in [-0.3, -0.25) is 4.79 Å². The number of hydrogen-bond donors (Lipinski definition) is 0. The van der Waals surface area contributed by atoms with Gasteiger partial charge in [0.05, 0.1) is 0 Å². The van der Waals surface area contributed by atoms with Crippen LogP contribution >= 0.6 is 0 Å². The maximum absolute atomic E-state index is 12.6. The van der Waals surface area contributed by atoms with Gasteiger partial charge in [-0.15, -0.1) is 0 Å². The van der Waals surface area contributed by atoms with Gasteiger partial charge in [0.25, 0.3) is 0 Å². The number of allylic oxidation sites excluding steroid dienone is 2. The topological polar surface area (TPSA) is 17.1 Å². The van der Waals surface area contributed by atoms with E-state index in [1.807, 2.05) is 0 Å². The van der Waals surface area contributed by atoms with E-state index in [0.29, 0.717) is 17.1 Å². The third kappa shape index (κ3) is 2.69. The predicted octanol–water partition coefficient (Wildman–Crippen LogP) is 6.23. The summed E-state index contributed by atoms with van der Waals surface area (Å²) in [5, 5.41) is 0. The molecule has 3 atom stereocenters. The highest BCUT2D eigenvalue weighted by molar-refractivity contribution is 6.76. The van der Waals surface area contributed by atoms with Gasteiger partial charge in [0.2, 0.25) is 0 Å². The first-order valence-corrected chi connectivity index (χ1v) is 13.5. The predicted molar refractivity (Wildman–Crippen MR) is 101 cm³/mol. The molecular weight excluding hydrogens is 296 g/mol. The number of hydrogen-bond acceptors (Lipinski definition) is 1. The van der Waals surface area contributed by atoms with E-state index >= 15 is 0 Å². The first kappa shape index (κ1) is 17.4. The second-order valence-electron chi connectivity index (χ2n) is 10.7. The summed E-state index contributed by atoms with van der Waals surface area (Å²) in [7, 11) is -1.11. The maximum Gasteiger partial charge on any atom is 0.138 e. The molecular formula is C21H36OSi. The smallest absolute Gasteiger partial charge is 0.138 e. The molecule has 0 aliphatic heterocycles. The van der Waals surface area contributed by atoms with Gasteiger partial charge in [-0.25, -0.2) is 0 Å². The van der Waals surface area contributed by atoms with E-state index in [9.17, 15) is 4.79 Å². The minimum Gasteiger partial charge on any atom is -0.299 e. The van der Waals surface area contributed by atoms with E-state index in [1.54, 1.807) is 5.57 Å². The minimum absolute atomic E-state index is 0.128. The van der Waals surface area contributed by atoms with Gasteiger partial charge in [-0.1, -0.05) is 52.1 Å². The van der Waals surface area contributed by atoms with Gasteiger partial charge in [0, 0.05) is 19.9 Å². The van der Waals surface area contributed by atoms with Crippen molar-refractivity contribution in [1.29, 1.82) is 0 Å². The summed E-state index contributed by atoms with van der Waals surface area (Å²) < 4.78 is 0. The molecule has 130 valence electrons. The monoisotopic (exact) mass is 332 g/mol. The van der Waals surface area contributed by atoms with Crippen molar-refractivity contribution in [2.24, 2.45) is 22.2 Å². The van der Waals surface area contributed by atoms with Crippen molar-refractivity contribution < 1.29 is 4.79 Å². The first-order valence-electron chi connectivity index (χ1n) is 9.76. The highest BCUT2D eigenvalue weighted by Gasteiger charge is 2.59. The van der Waals surface area contributed by atoms with Gasteiger partial charge in [-0.2, -0.15) is 0 Å². The molecule has 0 aromatic rings. The number of carbonyl (C=O) groups is 1. The molecule has 0 aromatic heterocycles. The zero-order chi connectivity index (χ0) is 17.1. The SMILES string of the molecule is CC1(C)C(=O)CC[C@]2(C)C3=CCCC[C@]3(C[Si](C)(C)C)CC[C@@H]12. The Morgan fingerprint density at radius 3 is 2.48 bits per heavy atom. The van der Waals surface area contributed by atoms with E-state index < -0.39 is 8.07 Å². The molecule has 0 N–H and O–H groups in total. The van der Waals surface area contributed by atoms with Crippen LogP contribution in [0.4, 0.5) is 0 Å². The summed E-state index contributed by atoms with van der Waals surface area (Å²) in [6.07, 6.45) is 11.1. The Morgan fingerprint density at radius 2 is 1.83 bits per heavy atom. The summed E-state index contributed by atoms with van der Waals surface area (Å²) in [4.78, 5) is 12.6. The molecule has 23 heavy (non-hydrogen) atoms. The van der Waals surface area contributed by atoms with Crippen LogP contribution in [0.2, 0.25) is 25.7 Å². The van der Waals surface area contributed by atoms with Gasteiger partial charge in [0.15, 0.2) is 0 Å². The lowest BCUT2D eigenvalue weighted by atomic mass is 9.44. The highest BCUT2D eigenvalue weighted by Crippen LogP contribution is 2.66. The van der Waals surface area contributed by atoms with E-state index in [1.165, 1.54) is 38.1 Å². The van der Waals surface area contributed by atoms with Crippen molar-refractivity contribution in [3.05, 3.63) is 11.6 Å². The Labute approximate surface area is 144 Å². The Bertz CT molecular complexity index is 539. The fourth-order valence-corrected chi connectivity index (χ4v) is 9.28. The standard InChI is InChI=1S/C21H36OSi/c1-19(2)16-10-14-21(15-23(4,5)6)12-8-7-9-17(21)20(16,3)13-11-18(19)22/h9,16H,7-8,10-15H2,1-6H3/t16-,20-,21+/m0/s1. The van der Waals surface area contributed by atoms with Gasteiger partial charge in [0.1, 0.15) is 5.78 Å². The zero-order valence-corrected chi connectivity index (χ0v) is 17.2. The molecule has 0 heterocycles. The lowest BCUT2D eigenvalue weighted by molar-refractivity contribution is -0.141. The average molecular weight is 333 g/mol. The largest absolute Gasteiger partial charge is 0.299 e. The molecule has 0 amide bonds. The van der Waals surface area contributed by atoms with E-state index in [2.05, 4.69) is 46.5 Å². The Kier molecular flexibility index (Phi) is 4.03. The summed E-state index contributed by atoms with van der Waals surface area (Å²) in [5.41, 5.74) is 2.41. The third-order valence-corrected chi connectivity index (χ3v) is 9.14. The number of fused-ring (bicyclic) bond motifs is 3. The fourth-order valence-electron chi connectivity index (χ4n) is 6.71. The fraction of sp³-hybridized carbons (Fsp3) is 0.857. The summed E-state index contributed by atoms with van der Waals surface area (Å²) in [6, 6.07) is 1.45. The van der Waals surface area contributed by atoms with Crippen molar-refractivity contribution in [1.82, 2.24) is 0 Å². The molecule has 2 fully saturated rings. The summed E-state index contributed by atoms with van der Waals surface area (Å²) >= 11 is 0. The van der Waals surface area contributed by atoms with E-state index in [4.69, 9.17) is 0 Å². The second-order valence-corrected chi connectivity index (χ2v) is 16.2. The number of rotatable bonds is 2. The van der Waals surface area contributed by atoms with Crippen LogP contribution < -0.4 is 0 Å². The maximum atomic E-state index is 12.6. The molecule has 1 nitrogen and oxygen atoms in total. The summed E-state index contributed by atoms with van der Waals surface area (Å²) in [6.45, 7) is 14.6. The van der Waals surface area contributed by atoms with Gasteiger partial charge >= 0.3 is 0 Å². The van der Waals surface area contributed by atoms with Gasteiger partial charge in [-0.05, 0) is 61.3 Å². The van der Waals surface area contributed by atoms with Crippen LogP contribution in [0.15, 0.2) is 11.6 Å². The van der Waals surface area contributed by atoms with Crippen LogP contribution in [-0.4, -0.2) is 13.9 Å². The Hall–Kier alpha value is -0.373. The Morgan fingerprint density at radius 1 is 1.13 bits per heavy atom. The molecule has 0 saturated heterocycles. The summed E-state index contributed by atoms with van der Waals surface area (Å²) in [5.74, 6) is 1.06. The first-order chi connectivity index (χ1) is 10.5. The van der Waals surface area contributed by atoms with Crippen LogP contribution in [0, 0.1) is 22.2 Å². The minimum atomic E-state index is -1.11. The molecule has 3 aliphatic carbocycles. The number of Topliss-reactive ketones (excluding diaryl/α,β-unsaturated/α-hetero) is 1. The lowest BCUT2D eigenvalue weighted by Crippen LogP contribution is -2.55. The normalized spacial score (nSPS) is 40.2. The van der Waals surface area contributed by atoms with Crippen LogP contribution in [0.1, 0.15) is 65.7 Å². The second kappa shape index (κ2) is 5.31. The third-order valence-electron chi connectivity index (χ3n) is 7.41. The highest BCUT2D eigenvalue weighted by atomic mass is 28.3. The van der Waals surface area contributed by atoms with E-state index in [-0.39, 0.29) is 10.8 Å². The quantitative estimate of drug-likeness (QED) is 0.433. The van der Waals surface area contributed by atoms with Crippen LogP contribution in [-0.2, 0) is 4.79 Å². The molecule has 0 radical (unpaired) electrons. The zero-order valence-electron chi connectivity index (χ0n) is 16.2.